The molecular formula is C8H12NO5+. The van der Waals surface area contributed by atoms with Gasteiger partial charge in [-0.3, -0.25) is 0 Å². The van der Waals surface area contributed by atoms with Crippen LogP contribution in [0.4, 0.5) is 0 Å². The number of ether oxygens (including phenoxy) is 1. The van der Waals surface area contributed by atoms with Gasteiger partial charge in [0, 0.05) is 4.74 Å². The first-order valence-electron chi connectivity index (χ1n) is 4.26. The van der Waals surface area contributed by atoms with Crippen LogP contribution in [0, 0.1) is 0 Å². The third-order valence-electron chi connectivity index (χ3n) is 2.34. The average molecular weight is 202 g/mol. The van der Waals surface area contributed by atoms with Crippen LogP contribution in [-0.4, -0.2) is 34.1 Å². The Morgan fingerprint density at radius 1 is 1.50 bits per heavy atom. The maximum absolute atomic E-state index is 9.63. The fraction of sp³-hybridized carbons (Fsp3) is 0.625. The van der Waals surface area contributed by atoms with Gasteiger partial charge >= 0.3 is 5.88 Å². The molecule has 0 amide bonds. The first-order valence-corrected chi connectivity index (χ1v) is 4.26. The summed E-state index contributed by atoms with van der Waals surface area (Å²) < 4.78 is 11.5. The summed E-state index contributed by atoms with van der Waals surface area (Å²) in [6.07, 6.45) is -1.72. The molecule has 1 aliphatic rings. The molecule has 2 rings (SSSR count). The van der Waals surface area contributed by atoms with E-state index in [0.29, 0.717) is 11.4 Å². The van der Waals surface area contributed by atoms with E-state index in [-0.39, 0.29) is 6.61 Å². The van der Waals surface area contributed by atoms with Gasteiger partial charge in [-0.25, -0.2) is 4.52 Å². The Balaban J connectivity index is 2.39. The number of hydrogen-bond donors (Lipinski definition) is 3. The van der Waals surface area contributed by atoms with Crippen LogP contribution < -0.4 is 9.48 Å². The molecule has 1 aromatic heterocycles. The Morgan fingerprint density at radius 2 is 2.21 bits per heavy atom. The molecule has 6 heteroatoms. The number of hydrogen-bond acceptors (Lipinski definition) is 5. The minimum atomic E-state index is -1.13. The molecule has 0 spiro atoms. The van der Waals surface area contributed by atoms with Crippen LogP contribution in [0.2, 0.25) is 0 Å². The standard InChI is InChI=1S/C8H12NO5/c1-9-8-4(3-13-9)6(11)7(12)5(2-10)14-8/h3,5-7,10-12H,2H2,1H3/q+1/t5?,6-,7-/m1/s1. The molecular weight excluding hydrogens is 190 g/mol. The van der Waals surface area contributed by atoms with E-state index in [1.807, 2.05) is 0 Å². The Kier molecular flexibility index (Phi) is 2.18. The molecule has 14 heavy (non-hydrogen) atoms. The maximum atomic E-state index is 9.63. The maximum Gasteiger partial charge on any atom is 0.420 e. The highest BCUT2D eigenvalue weighted by Crippen LogP contribution is 2.32. The summed E-state index contributed by atoms with van der Waals surface area (Å²) in [5.74, 6) is 0.335. The van der Waals surface area contributed by atoms with Crippen molar-refractivity contribution in [1.29, 1.82) is 0 Å². The van der Waals surface area contributed by atoms with E-state index in [1.165, 1.54) is 11.0 Å². The Bertz CT molecular complexity index is 336. The molecule has 0 aromatic carbocycles. The van der Waals surface area contributed by atoms with Crippen molar-refractivity contribution >= 4 is 0 Å². The number of fused-ring (bicyclic) bond motifs is 1. The summed E-state index contributed by atoms with van der Waals surface area (Å²) in [6.45, 7) is -0.358. The molecule has 3 N–H and O–H groups in total. The van der Waals surface area contributed by atoms with Crippen molar-refractivity contribution in [2.45, 2.75) is 18.3 Å². The summed E-state index contributed by atoms with van der Waals surface area (Å²) in [5, 5.41) is 28.0. The van der Waals surface area contributed by atoms with Gasteiger partial charge in [0.15, 0.2) is 19.4 Å². The quantitative estimate of drug-likeness (QED) is 0.470. The van der Waals surface area contributed by atoms with Crippen molar-refractivity contribution in [1.82, 2.24) is 0 Å². The van der Waals surface area contributed by atoms with Gasteiger partial charge in [0.05, 0.1) is 6.61 Å². The van der Waals surface area contributed by atoms with Crippen LogP contribution in [0.1, 0.15) is 11.7 Å². The average Bonchev–Trinajstić information content (AvgIpc) is 2.54. The van der Waals surface area contributed by atoms with Gasteiger partial charge in [0.25, 0.3) is 0 Å². The fourth-order valence-corrected chi connectivity index (χ4v) is 1.50. The predicted octanol–water partition coefficient (Wildman–Crippen LogP) is -1.75. The molecule has 78 valence electrons. The van der Waals surface area contributed by atoms with Crippen LogP contribution in [-0.2, 0) is 7.05 Å². The highest BCUT2D eigenvalue weighted by molar-refractivity contribution is 5.24. The molecule has 0 saturated heterocycles. The molecule has 0 bridgehead atoms. The lowest BCUT2D eigenvalue weighted by molar-refractivity contribution is -0.848. The second kappa shape index (κ2) is 3.23. The Morgan fingerprint density at radius 3 is 2.86 bits per heavy atom. The summed E-state index contributed by atoms with van der Waals surface area (Å²) in [4.78, 5) is 0. The van der Waals surface area contributed by atoms with Crippen LogP contribution in [0.3, 0.4) is 0 Å². The van der Waals surface area contributed by atoms with E-state index >= 15 is 0 Å². The van der Waals surface area contributed by atoms with E-state index in [4.69, 9.17) is 14.4 Å². The normalized spacial score (nSPS) is 31.0. The molecule has 0 fully saturated rings. The van der Waals surface area contributed by atoms with Gasteiger partial charge < -0.3 is 20.1 Å². The van der Waals surface area contributed by atoms with Gasteiger partial charge in [-0.05, 0) is 0 Å². The van der Waals surface area contributed by atoms with Crippen LogP contribution in [0.15, 0.2) is 10.8 Å². The summed E-state index contributed by atoms with van der Waals surface area (Å²) in [5.41, 5.74) is 0.393. The van der Waals surface area contributed by atoms with E-state index in [2.05, 4.69) is 0 Å². The van der Waals surface area contributed by atoms with E-state index in [1.54, 1.807) is 7.05 Å². The number of nitrogens with zero attached hydrogens (tertiary/aromatic N) is 1. The fourth-order valence-electron chi connectivity index (χ4n) is 1.50. The van der Waals surface area contributed by atoms with Crippen molar-refractivity contribution in [2.75, 3.05) is 6.61 Å². The van der Waals surface area contributed by atoms with Crippen LogP contribution in [0.5, 0.6) is 5.88 Å². The zero-order chi connectivity index (χ0) is 10.3. The third-order valence-corrected chi connectivity index (χ3v) is 2.34. The van der Waals surface area contributed by atoms with Crippen LogP contribution >= 0.6 is 0 Å². The van der Waals surface area contributed by atoms with E-state index < -0.39 is 18.3 Å². The van der Waals surface area contributed by atoms with Crippen molar-refractivity contribution in [3.05, 3.63) is 11.8 Å². The summed E-state index contributed by atoms with van der Waals surface area (Å²) in [7, 11) is 1.61. The first-order chi connectivity index (χ1) is 6.65. The molecule has 1 aromatic rings. The van der Waals surface area contributed by atoms with E-state index in [0.717, 1.165) is 0 Å². The van der Waals surface area contributed by atoms with Gasteiger partial charge in [-0.2, -0.15) is 0 Å². The molecule has 0 saturated carbocycles. The third kappa shape index (κ3) is 1.19. The number of aliphatic hydroxyl groups is 3. The molecule has 0 radical (unpaired) electrons. The zero-order valence-electron chi connectivity index (χ0n) is 7.62. The monoisotopic (exact) mass is 202 g/mol. The highest BCUT2D eigenvalue weighted by atomic mass is 16.6. The number of aryl methyl sites for hydroxylation is 1. The number of rotatable bonds is 1. The second-order valence-corrected chi connectivity index (χ2v) is 3.26. The lowest BCUT2D eigenvalue weighted by Gasteiger charge is -2.27. The second-order valence-electron chi connectivity index (χ2n) is 3.26. The Labute approximate surface area is 79.9 Å². The van der Waals surface area contributed by atoms with E-state index in [9.17, 15) is 10.2 Å². The largest absolute Gasteiger partial charge is 0.433 e. The first kappa shape index (κ1) is 9.45. The van der Waals surface area contributed by atoms with Gasteiger partial charge in [-0.15, -0.1) is 0 Å². The van der Waals surface area contributed by atoms with Crippen molar-refractivity contribution in [3.63, 3.8) is 0 Å². The SMILES string of the molecule is C[n+]1occ2c1OC(CO)[C@@H](O)[C@@H]2O. The Hall–Kier alpha value is -1.11. The lowest BCUT2D eigenvalue weighted by Crippen LogP contribution is -2.45. The summed E-state index contributed by atoms with van der Waals surface area (Å²) in [6, 6.07) is 0. The minimum absolute atomic E-state index is 0.335. The molecule has 1 unspecified atom stereocenters. The number of aliphatic hydroxyl groups excluding tert-OH is 3. The van der Waals surface area contributed by atoms with Crippen LogP contribution in [0.25, 0.3) is 0 Å². The minimum Gasteiger partial charge on any atom is -0.433 e. The lowest BCUT2D eigenvalue weighted by atomic mass is 10.0. The molecule has 1 aliphatic heterocycles. The molecule has 2 heterocycles. The molecule has 3 atom stereocenters. The summed E-state index contributed by atoms with van der Waals surface area (Å²) >= 11 is 0. The van der Waals surface area contributed by atoms with Crippen molar-refractivity contribution in [2.24, 2.45) is 7.05 Å². The van der Waals surface area contributed by atoms with Crippen molar-refractivity contribution in [3.8, 4) is 5.88 Å². The predicted molar refractivity (Wildman–Crippen MR) is 42.4 cm³/mol. The number of aromatic nitrogens is 1. The smallest absolute Gasteiger partial charge is 0.420 e. The van der Waals surface area contributed by atoms with Gasteiger partial charge in [0.1, 0.15) is 17.8 Å². The molecule has 6 nitrogen and oxygen atoms in total. The topological polar surface area (TPSA) is 86.9 Å². The highest BCUT2D eigenvalue weighted by Gasteiger charge is 2.42. The van der Waals surface area contributed by atoms with Gasteiger partial charge in [0.2, 0.25) is 0 Å². The zero-order valence-corrected chi connectivity index (χ0v) is 7.62. The molecule has 0 aliphatic carbocycles. The van der Waals surface area contributed by atoms with Gasteiger partial charge in [-0.1, -0.05) is 0 Å². The van der Waals surface area contributed by atoms with Crippen molar-refractivity contribution < 1.29 is 29.3 Å².